The van der Waals surface area contributed by atoms with Crippen molar-refractivity contribution in [1.29, 1.82) is 0 Å². The van der Waals surface area contributed by atoms with Crippen molar-refractivity contribution in [2.24, 2.45) is 0 Å². The van der Waals surface area contributed by atoms with Gasteiger partial charge < -0.3 is 20.0 Å². The number of piperidine rings is 1. The van der Waals surface area contributed by atoms with Crippen LogP contribution in [0.25, 0.3) is 0 Å². The minimum atomic E-state index is -0.481. The van der Waals surface area contributed by atoms with Crippen molar-refractivity contribution in [3.8, 4) is 0 Å². The molecule has 2 saturated heterocycles. The first-order chi connectivity index (χ1) is 16.5. The fourth-order valence-corrected chi connectivity index (χ4v) is 4.78. The predicted octanol–water partition coefficient (Wildman–Crippen LogP) is 3.95. The van der Waals surface area contributed by atoms with Crippen molar-refractivity contribution in [2.75, 3.05) is 39.3 Å². The standard InChI is InChI=1S/C26H31ClN4O3/c27-22-12-6-5-11-21(22)25(33)28-23(20-9-3-1-4-10-20)19-24(32)29-15-17-31(18-16-29)26(34)30-13-7-2-8-14-30/h1,3-6,9-12,23H,2,7-8,13-19H2,(H,28,33). The van der Waals surface area contributed by atoms with Crippen LogP contribution in [0.2, 0.25) is 5.02 Å². The summed E-state index contributed by atoms with van der Waals surface area (Å²) >= 11 is 6.20. The van der Waals surface area contributed by atoms with Gasteiger partial charge in [-0.1, -0.05) is 54.1 Å². The molecular weight excluding hydrogens is 452 g/mol. The van der Waals surface area contributed by atoms with Crippen molar-refractivity contribution in [2.45, 2.75) is 31.7 Å². The van der Waals surface area contributed by atoms with Crippen LogP contribution in [0.1, 0.15) is 47.6 Å². The summed E-state index contributed by atoms with van der Waals surface area (Å²) in [5, 5.41) is 3.36. The largest absolute Gasteiger partial charge is 0.345 e. The summed E-state index contributed by atoms with van der Waals surface area (Å²) in [5.74, 6) is -0.359. The zero-order chi connectivity index (χ0) is 23.9. The van der Waals surface area contributed by atoms with E-state index in [4.69, 9.17) is 11.6 Å². The Kier molecular flexibility index (Phi) is 8.06. The van der Waals surface area contributed by atoms with Crippen LogP contribution >= 0.6 is 11.6 Å². The van der Waals surface area contributed by atoms with Crippen LogP contribution in [0.5, 0.6) is 0 Å². The van der Waals surface area contributed by atoms with Gasteiger partial charge in [-0.05, 0) is 37.0 Å². The first-order valence-corrected chi connectivity index (χ1v) is 12.3. The molecule has 2 fully saturated rings. The number of carbonyl (C=O) groups excluding carboxylic acids is 3. The van der Waals surface area contributed by atoms with Crippen LogP contribution < -0.4 is 5.32 Å². The van der Waals surface area contributed by atoms with E-state index in [-0.39, 0.29) is 24.3 Å². The van der Waals surface area contributed by atoms with Gasteiger partial charge in [0.25, 0.3) is 5.91 Å². The highest BCUT2D eigenvalue weighted by Crippen LogP contribution is 2.22. The number of carbonyl (C=O) groups is 3. The lowest BCUT2D eigenvalue weighted by Gasteiger charge is -2.39. The molecule has 8 heteroatoms. The Morgan fingerprint density at radius 2 is 1.35 bits per heavy atom. The van der Waals surface area contributed by atoms with E-state index in [1.54, 1.807) is 29.2 Å². The fourth-order valence-electron chi connectivity index (χ4n) is 4.55. The first kappa shape index (κ1) is 24.1. The molecule has 0 aliphatic carbocycles. The molecule has 0 saturated carbocycles. The average molecular weight is 483 g/mol. The van der Waals surface area contributed by atoms with Gasteiger partial charge in [0.1, 0.15) is 0 Å². The van der Waals surface area contributed by atoms with E-state index in [0.29, 0.717) is 36.8 Å². The first-order valence-electron chi connectivity index (χ1n) is 11.9. The van der Waals surface area contributed by atoms with Gasteiger partial charge in [-0.25, -0.2) is 4.79 Å². The Labute approximate surface area is 205 Å². The Morgan fingerprint density at radius 1 is 0.765 bits per heavy atom. The van der Waals surface area contributed by atoms with E-state index in [2.05, 4.69) is 5.32 Å². The number of nitrogens with one attached hydrogen (secondary N) is 1. The lowest BCUT2D eigenvalue weighted by molar-refractivity contribution is -0.133. The van der Waals surface area contributed by atoms with Crippen LogP contribution in [-0.2, 0) is 4.79 Å². The van der Waals surface area contributed by atoms with E-state index in [0.717, 1.165) is 31.5 Å². The van der Waals surface area contributed by atoms with E-state index < -0.39 is 6.04 Å². The minimum absolute atomic E-state index is 0.0432. The SMILES string of the molecule is O=C(NC(CC(=O)N1CCN(C(=O)N2CCCCC2)CC1)c1ccccc1)c1ccccc1Cl. The summed E-state index contributed by atoms with van der Waals surface area (Å²) in [5.41, 5.74) is 1.23. The molecule has 4 amide bonds. The fraction of sp³-hybridized carbons (Fsp3) is 0.423. The molecule has 0 spiro atoms. The van der Waals surface area contributed by atoms with Crippen molar-refractivity contribution in [1.82, 2.24) is 20.0 Å². The molecule has 2 aliphatic heterocycles. The van der Waals surface area contributed by atoms with Gasteiger partial charge in [0.15, 0.2) is 0 Å². The van der Waals surface area contributed by atoms with E-state index in [9.17, 15) is 14.4 Å². The molecular formula is C26H31ClN4O3. The molecule has 2 aliphatic rings. The Bertz CT molecular complexity index is 1000. The van der Waals surface area contributed by atoms with E-state index >= 15 is 0 Å². The number of rotatable bonds is 5. The highest BCUT2D eigenvalue weighted by atomic mass is 35.5. The molecule has 4 rings (SSSR count). The lowest BCUT2D eigenvalue weighted by atomic mass is 10.0. The predicted molar refractivity (Wildman–Crippen MR) is 132 cm³/mol. The van der Waals surface area contributed by atoms with Crippen LogP contribution in [0.3, 0.4) is 0 Å². The summed E-state index contributed by atoms with van der Waals surface area (Å²) in [6.07, 6.45) is 3.44. The highest BCUT2D eigenvalue weighted by molar-refractivity contribution is 6.33. The van der Waals surface area contributed by atoms with Gasteiger partial charge in [0.2, 0.25) is 5.91 Å². The molecule has 1 unspecified atom stereocenters. The smallest absolute Gasteiger partial charge is 0.320 e. The van der Waals surface area contributed by atoms with Gasteiger partial charge in [0.05, 0.1) is 23.0 Å². The monoisotopic (exact) mass is 482 g/mol. The molecule has 2 heterocycles. The number of benzene rings is 2. The average Bonchev–Trinajstić information content (AvgIpc) is 2.89. The second-order valence-corrected chi connectivity index (χ2v) is 9.23. The number of likely N-dealkylation sites (tertiary alicyclic amines) is 1. The van der Waals surface area contributed by atoms with Crippen molar-refractivity contribution in [3.05, 3.63) is 70.7 Å². The third kappa shape index (κ3) is 5.89. The second-order valence-electron chi connectivity index (χ2n) is 8.82. The second kappa shape index (κ2) is 11.4. The number of hydrogen-bond donors (Lipinski definition) is 1. The maximum atomic E-state index is 13.2. The molecule has 34 heavy (non-hydrogen) atoms. The quantitative estimate of drug-likeness (QED) is 0.701. The molecule has 2 aromatic rings. The van der Waals surface area contributed by atoms with Gasteiger partial charge in [-0.3, -0.25) is 9.59 Å². The molecule has 0 bridgehead atoms. The van der Waals surface area contributed by atoms with Crippen molar-refractivity contribution < 1.29 is 14.4 Å². The Balaban J connectivity index is 1.38. The number of nitrogens with zero attached hydrogens (tertiary/aromatic N) is 3. The van der Waals surface area contributed by atoms with Gasteiger partial charge in [0, 0.05) is 39.3 Å². The molecule has 180 valence electrons. The van der Waals surface area contributed by atoms with E-state index in [1.807, 2.05) is 40.1 Å². The van der Waals surface area contributed by atoms with Crippen LogP contribution in [0.15, 0.2) is 54.6 Å². The molecule has 1 atom stereocenters. The maximum absolute atomic E-state index is 13.2. The lowest BCUT2D eigenvalue weighted by Crippen LogP contribution is -2.55. The van der Waals surface area contributed by atoms with Gasteiger partial charge in [-0.2, -0.15) is 0 Å². The molecule has 2 aromatic carbocycles. The summed E-state index contributed by atoms with van der Waals surface area (Å²) in [7, 11) is 0. The van der Waals surface area contributed by atoms with Crippen LogP contribution in [-0.4, -0.2) is 71.8 Å². The number of amides is 4. The summed E-state index contributed by atoms with van der Waals surface area (Å²) in [6.45, 7) is 3.70. The van der Waals surface area contributed by atoms with Crippen LogP contribution in [0.4, 0.5) is 4.79 Å². The number of piperazine rings is 1. The molecule has 0 radical (unpaired) electrons. The van der Waals surface area contributed by atoms with Gasteiger partial charge >= 0.3 is 6.03 Å². The normalized spacial score (nSPS) is 17.3. The van der Waals surface area contributed by atoms with Gasteiger partial charge in [-0.15, -0.1) is 0 Å². The summed E-state index contributed by atoms with van der Waals surface area (Å²) < 4.78 is 0. The Hall–Kier alpha value is -3.06. The van der Waals surface area contributed by atoms with E-state index in [1.165, 1.54) is 6.42 Å². The topological polar surface area (TPSA) is 73.0 Å². The zero-order valence-electron chi connectivity index (χ0n) is 19.3. The maximum Gasteiger partial charge on any atom is 0.320 e. The number of urea groups is 1. The third-order valence-electron chi connectivity index (χ3n) is 6.53. The van der Waals surface area contributed by atoms with Crippen molar-refractivity contribution >= 4 is 29.4 Å². The number of halogens is 1. The highest BCUT2D eigenvalue weighted by Gasteiger charge is 2.29. The van der Waals surface area contributed by atoms with Crippen molar-refractivity contribution in [3.63, 3.8) is 0 Å². The summed E-state index contributed by atoms with van der Waals surface area (Å²) in [6, 6.07) is 16.0. The summed E-state index contributed by atoms with van der Waals surface area (Å²) in [4.78, 5) is 44.4. The number of hydrogen-bond acceptors (Lipinski definition) is 3. The molecule has 7 nitrogen and oxygen atoms in total. The zero-order valence-corrected chi connectivity index (χ0v) is 20.0. The molecule has 1 N–H and O–H groups in total. The molecule has 0 aromatic heterocycles. The minimum Gasteiger partial charge on any atom is -0.345 e. The Morgan fingerprint density at radius 3 is 2.03 bits per heavy atom. The van der Waals surface area contributed by atoms with Crippen LogP contribution in [0, 0.1) is 0 Å². The third-order valence-corrected chi connectivity index (χ3v) is 6.86.